The van der Waals surface area contributed by atoms with Gasteiger partial charge in [0, 0.05) is 54.6 Å². The summed E-state index contributed by atoms with van der Waals surface area (Å²) >= 11 is 0. The van der Waals surface area contributed by atoms with Crippen LogP contribution in [0.1, 0.15) is 83.1 Å². The molecule has 0 bridgehead atoms. The summed E-state index contributed by atoms with van der Waals surface area (Å²) < 4.78 is 7.94. The first-order chi connectivity index (χ1) is 19.0. The molecule has 1 aliphatic heterocycles. The molecule has 2 aromatic heterocycles. The van der Waals surface area contributed by atoms with Crippen LogP contribution in [0.2, 0.25) is 0 Å². The first-order valence-electron chi connectivity index (χ1n) is 14.1. The summed E-state index contributed by atoms with van der Waals surface area (Å²) in [4.78, 5) is 32.2. The van der Waals surface area contributed by atoms with E-state index >= 15 is 0 Å². The van der Waals surface area contributed by atoms with Gasteiger partial charge in [0.1, 0.15) is 23.4 Å². The number of pyridine rings is 1. The monoisotopic (exact) mass is 560 g/mol. The molecule has 0 radical (unpaired) electrons. The maximum Gasteiger partial charge on any atom is 0.324 e. The highest BCUT2D eigenvalue weighted by atomic mass is 16.5. The second-order valence-corrected chi connectivity index (χ2v) is 13.4. The Morgan fingerprint density at radius 1 is 0.976 bits per heavy atom. The number of carbonyl (C=O) groups excluding carboxylic acids is 2. The SMILES string of the molecule is CN1C(C)(C)CC(Oc2ccc(C(=O)Cc3ccc(NC(=O)Nc4cc(C(C)(C)C)nn4C)cc3)nc2)CC1(C)C. The molecular weight excluding hydrogens is 516 g/mol. The molecule has 2 amide bonds. The molecule has 220 valence electrons. The minimum Gasteiger partial charge on any atom is -0.489 e. The molecule has 0 spiro atoms. The highest BCUT2D eigenvalue weighted by Gasteiger charge is 2.44. The summed E-state index contributed by atoms with van der Waals surface area (Å²) in [6.07, 6.45) is 3.77. The number of piperidine rings is 1. The molecule has 1 saturated heterocycles. The van der Waals surface area contributed by atoms with Crippen LogP contribution >= 0.6 is 0 Å². The van der Waals surface area contributed by atoms with Crippen LogP contribution in [-0.2, 0) is 18.9 Å². The fourth-order valence-electron chi connectivity index (χ4n) is 5.38. The van der Waals surface area contributed by atoms with Crippen LogP contribution in [0.25, 0.3) is 0 Å². The summed E-state index contributed by atoms with van der Waals surface area (Å²) in [5.41, 5.74) is 2.69. The standard InChI is InChI=1S/C32H44N6O3/c1-30(2,3)27-17-28(37(8)36-27)35-29(40)34-22-12-10-21(11-13-22)16-26(39)25-15-14-23(20-33-25)41-24-18-31(4,5)38(9)32(6,7)19-24/h10-15,17,20,24H,16,18-19H2,1-9H3,(H2,34,35,40). The van der Waals surface area contributed by atoms with Crippen molar-refractivity contribution in [3.05, 3.63) is 65.6 Å². The summed E-state index contributed by atoms with van der Waals surface area (Å²) in [7, 11) is 3.97. The third-order valence-electron chi connectivity index (χ3n) is 8.06. The summed E-state index contributed by atoms with van der Waals surface area (Å²) in [5.74, 6) is 1.21. The predicted octanol–water partition coefficient (Wildman–Crippen LogP) is 6.21. The van der Waals surface area contributed by atoms with Gasteiger partial charge < -0.3 is 10.1 Å². The number of hydrogen-bond donors (Lipinski definition) is 2. The molecule has 0 saturated carbocycles. The van der Waals surface area contributed by atoms with E-state index in [9.17, 15) is 9.59 Å². The van der Waals surface area contributed by atoms with Gasteiger partial charge in [-0.2, -0.15) is 5.10 Å². The third kappa shape index (κ3) is 7.33. The van der Waals surface area contributed by atoms with Gasteiger partial charge >= 0.3 is 6.03 Å². The second kappa shape index (κ2) is 11.3. The first-order valence-corrected chi connectivity index (χ1v) is 14.1. The molecule has 0 unspecified atom stereocenters. The molecule has 2 N–H and O–H groups in total. The van der Waals surface area contributed by atoms with E-state index in [1.165, 1.54) is 0 Å². The lowest BCUT2D eigenvalue weighted by molar-refractivity contribution is -0.0557. The number of nitrogens with zero attached hydrogens (tertiary/aromatic N) is 4. The number of amides is 2. The Morgan fingerprint density at radius 3 is 2.15 bits per heavy atom. The number of benzene rings is 1. The quantitative estimate of drug-likeness (QED) is 0.333. The number of nitrogens with one attached hydrogen (secondary N) is 2. The van der Waals surface area contributed by atoms with Gasteiger partial charge in [-0.05, 0) is 64.6 Å². The van der Waals surface area contributed by atoms with Gasteiger partial charge in [-0.3, -0.25) is 19.7 Å². The average Bonchev–Trinajstić information content (AvgIpc) is 3.24. The van der Waals surface area contributed by atoms with Crippen molar-refractivity contribution in [2.75, 3.05) is 17.7 Å². The number of Topliss-reactive ketones (excluding diaryl/α,β-unsaturated/α-hetero) is 1. The summed E-state index contributed by atoms with van der Waals surface area (Å²) in [5, 5.41) is 10.1. The van der Waals surface area contributed by atoms with Crippen LogP contribution in [0.5, 0.6) is 5.75 Å². The van der Waals surface area contributed by atoms with Crippen LogP contribution < -0.4 is 15.4 Å². The highest BCUT2D eigenvalue weighted by Crippen LogP contribution is 2.38. The number of ketones is 1. The second-order valence-electron chi connectivity index (χ2n) is 13.4. The number of rotatable bonds is 7. The Balaban J connectivity index is 1.30. The summed E-state index contributed by atoms with van der Waals surface area (Å²) in [6, 6.07) is 12.3. The van der Waals surface area contributed by atoms with E-state index in [0.717, 1.165) is 24.1 Å². The number of likely N-dealkylation sites (tertiary alicyclic amines) is 1. The molecule has 4 rings (SSSR count). The number of anilines is 2. The highest BCUT2D eigenvalue weighted by molar-refractivity contribution is 5.99. The fourth-order valence-corrected chi connectivity index (χ4v) is 5.38. The van der Waals surface area contributed by atoms with E-state index in [1.807, 2.05) is 24.3 Å². The van der Waals surface area contributed by atoms with Crippen molar-refractivity contribution in [3.8, 4) is 5.75 Å². The molecule has 9 heteroatoms. The minimum atomic E-state index is -0.365. The predicted molar refractivity (Wildman–Crippen MR) is 163 cm³/mol. The Hall–Kier alpha value is -3.72. The molecule has 1 aromatic carbocycles. The van der Waals surface area contributed by atoms with Crippen molar-refractivity contribution in [2.45, 2.75) is 90.3 Å². The lowest BCUT2D eigenvalue weighted by Crippen LogP contribution is -2.60. The zero-order valence-electron chi connectivity index (χ0n) is 25.8. The smallest absolute Gasteiger partial charge is 0.324 e. The Morgan fingerprint density at radius 2 is 1.61 bits per heavy atom. The van der Waals surface area contributed by atoms with Crippen molar-refractivity contribution >= 4 is 23.3 Å². The first kappa shape index (κ1) is 30.2. The van der Waals surface area contributed by atoms with Gasteiger partial charge in [0.25, 0.3) is 0 Å². The van der Waals surface area contributed by atoms with E-state index in [1.54, 1.807) is 36.1 Å². The topological polar surface area (TPSA) is 101 Å². The van der Waals surface area contributed by atoms with Crippen LogP contribution in [0.15, 0.2) is 48.7 Å². The van der Waals surface area contributed by atoms with Gasteiger partial charge in [-0.1, -0.05) is 32.9 Å². The minimum absolute atomic E-state index is 0.0278. The zero-order chi connectivity index (χ0) is 30.2. The lowest BCUT2D eigenvalue weighted by Gasteiger charge is -2.53. The molecular formula is C32H44N6O3. The van der Waals surface area contributed by atoms with Crippen molar-refractivity contribution in [1.82, 2.24) is 19.7 Å². The zero-order valence-corrected chi connectivity index (χ0v) is 25.8. The van der Waals surface area contributed by atoms with Crippen LogP contribution in [0.4, 0.5) is 16.3 Å². The molecule has 1 aliphatic rings. The number of urea groups is 1. The van der Waals surface area contributed by atoms with Crippen molar-refractivity contribution in [1.29, 1.82) is 0 Å². The third-order valence-corrected chi connectivity index (χ3v) is 8.06. The number of ether oxygens (including phenoxy) is 1. The van der Waals surface area contributed by atoms with E-state index in [2.05, 4.69) is 81.1 Å². The van der Waals surface area contributed by atoms with Crippen LogP contribution in [-0.4, -0.2) is 55.7 Å². The van der Waals surface area contributed by atoms with Gasteiger partial charge in [-0.15, -0.1) is 0 Å². The van der Waals surface area contributed by atoms with E-state index < -0.39 is 0 Å². The van der Waals surface area contributed by atoms with Crippen LogP contribution in [0, 0.1) is 0 Å². The maximum atomic E-state index is 12.9. The van der Waals surface area contributed by atoms with Crippen molar-refractivity contribution in [2.24, 2.45) is 7.05 Å². The fraction of sp³-hybridized carbons (Fsp3) is 0.500. The van der Waals surface area contributed by atoms with Crippen molar-refractivity contribution < 1.29 is 14.3 Å². The Kier molecular flexibility index (Phi) is 8.32. The van der Waals surface area contributed by atoms with E-state index in [4.69, 9.17) is 4.74 Å². The molecule has 1 fully saturated rings. The molecule has 3 aromatic rings. The number of carbonyl (C=O) groups is 2. The largest absolute Gasteiger partial charge is 0.489 e. The van der Waals surface area contributed by atoms with E-state index in [-0.39, 0.29) is 40.8 Å². The van der Waals surface area contributed by atoms with Gasteiger partial charge in [0.2, 0.25) is 0 Å². The van der Waals surface area contributed by atoms with Crippen LogP contribution in [0.3, 0.4) is 0 Å². The van der Waals surface area contributed by atoms with Gasteiger partial charge in [-0.25, -0.2) is 9.78 Å². The van der Waals surface area contributed by atoms with E-state index in [0.29, 0.717) is 22.9 Å². The molecule has 41 heavy (non-hydrogen) atoms. The van der Waals surface area contributed by atoms with Gasteiger partial charge in [0.05, 0.1) is 11.9 Å². The number of aromatic nitrogens is 3. The Bertz CT molecular complexity index is 1370. The average molecular weight is 561 g/mol. The summed E-state index contributed by atoms with van der Waals surface area (Å²) in [6.45, 7) is 15.2. The van der Waals surface area contributed by atoms with Gasteiger partial charge in [0.15, 0.2) is 5.78 Å². The maximum absolute atomic E-state index is 12.9. The number of hydrogen-bond acceptors (Lipinski definition) is 6. The Labute approximate surface area is 243 Å². The lowest BCUT2D eigenvalue weighted by atomic mass is 9.79. The molecule has 3 heterocycles. The molecule has 9 nitrogen and oxygen atoms in total. The normalized spacial score (nSPS) is 17.2. The van der Waals surface area contributed by atoms with Crippen molar-refractivity contribution in [3.63, 3.8) is 0 Å². The molecule has 0 atom stereocenters. The molecule has 0 aliphatic carbocycles. The number of aryl methyl sites for hydroxylation is 1.